The molecule has 0 amide bonds. The maximum atomic E-state index is 10.3. The maximum Gasteiger partial charge on any atom is 0.328 e. The van der Waals surface area contributed by atoms with E-state index in [0.717, 1.165) is 17.2 Å². The molecule has 0 aliphatic rings. The molecule has 0 unspecified atom stereocenters. The number of hydrogen-bond acceptors (Lipinski definition) is 1. The predicted octanol–water partition coefficient (Wildman–Crippen LogP) is 3.56. The summed E-state index contributed by atoms with van der Waals surface area (Å²) in [4.78, 5) is 10.3. The quantitative estimate of drug-likeness (QED) is 0.798. The topological polar surface area (TPSA) is 37.3 Å². The molecule has 1 aromatic carbocycles. The lowest BCUT2D eigenvalue weighted by Gasteiger charge is -2.08. The minimum atomic E-state index is -0.959. The molecule has 3 heteroatoms. The normalized spacial score (nSPS) is 11.2. The third-order valence-electron chi connectivity index (χ3n) is 2.06. The molecule has 1 rings (SSSR count). The zero-order valence-electron chi connectivity index (χ0n) is 8.70. The molecular formula is C12H13ClO2. The molecule has 0 spiro atoms. The van der Waals surface area contributed by atoms with Gasteiger partial charge < -0.3 is 5.11 Å². The minimum Gasteiger partial charge on any atom is -0.478 e. The Kier molecular flexibility index (Phi) is 3.92. The Labute approximate surface area is 94.2 Å². The molecule has 0 saturated carbocycles. The molecular weight excluding hydrogens is 212 g/mol. The lowest BCUT2D eigenvalue weighted by molar-refractivity contribution is -0.131. The van der Waals surface area contributed by atoms with Crippen molar-refractivity contribution in [2.45, 2.75) is 19.8 Å². The minimum absolute atomic E-state index is 0.370. The predicted molar refractivity (Wildman–Crippen MR) is 62.2 cm³/mol. The van der Waals surface area contributed by atoms with Crippen LogP contribution in [0.4, 0.5) is 0 Å². The Morgan fingerprint density at radius 1 is 1.47 bits per heavy atom. The molecule has 1 aromatic rings. The van der Waals surface area contributed by atoms with Crippen LogP contribution in [0, 0.1) is 0 Å². The van der Waals surface area contributed by atoms with Gasteiger partial charge in [0.1, 0.15) is 0 Å². The average molecular weight is 225 g/mol. The number of halogens is 1. The van der Waals surface area contributed by atoms with Gasteiger partial charge in [0.15, 0.2) is 0 Å². The first-order valence-electron chi connectivity index (χ1n) is 4.71. The zero-order chi connectivity index (χ0) is 11.4. The number of carboxylic acids is 1. The van der Waals surface area contributed by atoms with Crippen LogP contribution in [0.5, 0.6) is 0 Å². The van der Waals surface area contributed by atoms with E-state index in [-0.39, 0.29) is 0 Å². The highest BCUT2D eigenvalue weighted by Crippen LogP contribution is 2.25. The number of carbonyl (C=O) groups is 1. The van der Waals surface area contributed by atoms with Crippen LogP contribution in [0.3, 0.4) is 0 Å². The summed E-state index contributed by atoms with van der Waals surface area (Å²) in [7, 11) is 0. The number of aliphatic carboxylic acids is 1. The van der Waals surface area contributed by atoms with E-state index in [1.807, 2.05) is 12.1 Å². The third kappa shape index (κ3) is 3.40. The Morgan fingerprint density at radius 3 is 2.60 bits per heavy atom. The van der Waals surface area contributed by atoms with Crippen LogP contribution in [0.25, 0.3) is 6.08 Å². The summed E-state index contributed by atoms with van der Waals surface area (Å²) < 4.78 is 0. The van der Waals surface area contributed by atoms with Crippen molar-refractivity contribution in [3.05, 3.63) is 40.4 Å². The number of rotatable bonds is 3. The summed E-state index contributed by atoms with van der Waals surface area (Å²) in [5.41, 5.74) is 1.87. The van der Waals surface area contributed by atoms with Gasteiger partial charge in [-0.25, -0.2) is 4.79 Å². The Morgan fingerprint density at radius 2 is 2.13 bits per heavy atom. The first-order valence-corrected chi connectivity index (χ1v) is 5.09. The summed E-state index contributed by atoms with van der Waals surface area (Å²) in [5, 5.41) is 9.15. The number of carboxylic acid groups (broad SMARTS) is 1. The zero-order valence-corrected chi connectivity index (χ0v) is 9.45. The van der Waals surface area contributed by atoms with E-state index < -0.39 is 5.97 Å². The average Bonchev–Trinajstić information content (AvgIpc) is 2.14. The Bertz CT molecular complexity index is 395. The lowest BCUT2D eigenvalue weighted by Crippen LogP contribution is -1.90. The Hall–Kier alpha value is -1.28. The molecule has 2 nitrogen and oxygen atoms in total. The molecule has 0 fully saturated rings. The van der Waals surface area contributed by atoms with Crippen molar-refractivity contribution in [2.75, 3.05) is 0 Å². The molecule has 1 N–H and O–H groups in total. The Balaban J connectivity index is 2.96. The molecule has 0 aliphatic carbocycles. The van der Waals surface area contributed by atoms with Gasteiger partial charge in [0.2, 0.25) is 0 Å². The fraction of sp³-hybridized carbons (Fsp3) is 0.250. The van der Waals surface area contributed by atoms with Crippen LogP contribution in [0.2, 0.25) is 5.02 Å². The molecule has 15 heavy (non-hydrogen) atoms. The standard InChI is InChI=1S/C12H13ClO2/c1-8(2)10-5-3-9(7-11(10)13)4-6-12(14)15/h3-8H,1-2H3,(H,14,15)/b6-4+. The van der Waals surface area contributed by atoms with E-state index in [2.05, 4.69) is 13.8 Å². The van der Waals surface area contributed by atoms with E-state index in [1.165, 1.54) is 6.08 Å². The van der Waals surface area contributed by atoms with Gasteiger partial charge in [-0.2, -0.15) is 0 Å². The van der Waals surface area contributed by atoms with Gasteiger partial charge in [-0.15, -0.1) is 0 Å². The highest BCUT2D eigenvalue weighted by Gasteiger charge is 2.04. The van der Waals surface area contributed by atoms with Crippen molar-refractivity contribution in [2.24, 2.45) is 0 Å². The van der Waals surface area contributed by atoms with Crippen LogP contribution < -0.4 is 0 Å². The number of hydrogen-bond donors (Lipinski definition) is 1. The van der Waals surface area contributed by atoms with E-state index in [1.54, 1.807) is 6.07 Å². The molecule has 0 bridgehead atoms. The van der Waals surface area contributed by atoms with Crippen molar-refractivity contribution in [3.63, 3.8) is 0 Å². The largest absolute Gasteiger partial charge is 0.478 e. The smallest absolute Gasteiger partial charge is 0.328 e. The number of benzene rings is 1. The van der Waals surface area contributed by atoms with E-state index in [4.69, 9.17) is 16.7 Å². The van der Waals surface area contributed by atoms with Gasteiger partial charge in [-0.05, 0) is 29.2 Å². The van der Waals surface area contributed by atoms with Gasteiger partial charge >= 0.3 is 5.97 Å². The molecule has 0 heterocycles. The van der Waals surface area contributed by atoms with Crippen molar-refractivity contribution in [1.29, 1.82) is 0 Å². The highest BCUT2D eigenvalue weighted by molar-refractivity contribution is 6.31. The molecule has 0 atom stereocenters. The molecule has 0 radical (unpaired) electrons. The van der Waals surface area contributed by atoms with Gasteiger partial charge in [0.25, 0.3) is 0 Å². The van der Waals surface area contributed by atoms with Crippen molar-refractivity contribution < 1.29 is 9.90 Å². The first-order chi connectivity index (χ1) is 7.00. The van der Waals surface area contributed by atoms with E-state index in [0.29, 0.717) is 10.9 Å². The van der Waals surface area contributed by atoms with E-state index in [9.17, 15) is 4.79 Å². The fourth-order valence-electron chi connectivity index (χ4n) is 1.28. The monoisotopic (exact) mass is 224 g/mol. The van der Waals surface area contributed by atoms with Gasteiger partial charge in [0, 0.05) is 11.1 Å². The molecule has 0 saturated heterocycles. The summed E-state index contributed by atoms with van der Waals surface area (Å²) in [6.07, 6.45) is 2.62. The maximum absolute atomic E-state index is 10.3. The van der Waals surface area contributed by atoms with Crippen LogP contribution >= 0.6 is 11.6 Å². The second-order valence-corrected chi connectivity index (χ2v) is 4.01. The summed E-state index contributed by atoms with van der Waals surface area (Å²) in [5.74, 6) is -0.589. The highest BCUT2D eigenvalue weighted by atomic mass is 35.5. The SMILES string of the molecule is CC(C)c1ccc(/C=C/C(=O)O)cc1Cl. The van der Waals surface area contributed by atoms with Crippen LogP contribution in [0.15, 0.2) is 24.3 Å². The van der Waals surface area contributed by atoms with Gasteiger partial charge in [0.05, 0.1) is 0 Å². The van der Waals surface area contributed by atoms with E-state index >= 15 is 0 Å². The fourth-order valence-corrected chi connectivity index (χ4v) is 1.69. The molecule has 0 aromatic heterocycles. The second kappa shape index (κ2) is 4.99. The first kappa shape index (κ1) is 11.8. The summed E-state index contributed by atoms with van der Waals surface area (Å²) >= 11 is 6.06. The lowest BCUT2D eigenvalue weighted by atomic mass is 10.0. The molecule has 80 valence electrons. The summed E-state index contributed by atoms with van der Waals surface area (Å²) in [6, 6.07) is 5.56. The van der Waals surface area contributed by atoms with Gasteiger partial charge in [-0.1, -0.05) is 37.6 Å². The third-order valence-corrected chi connectivity index (χ3v) is 2.39. The molecule has 0 aliphatic heterocycles. The second-order valence-electron chi connectivity index (χ2n) is 3.61. The summed E-state index contributed by atoms with van der Waals surface area (Å²) in [6.45, 7) is 4.13. The van der Waals surface area contributed by atoms with Crippen LogP contribution in [-0.4, -0.2) is 11.1 Å². The van der Waals surface area contributed by atoms with Crippen molar-refractivity contribution in [1.82, 2.24) is 0 Å². The van der Waals surface area contributed by atoms with Crippen LogP contribution in [-0.2, 0) is 4.79 Å². The van der Waals surface area contributed by atoms with Crippen molar-refractivity contribution >= 4 is 23.6 Å². The van der Waals surface area contributed by atoms with Crippen molar-refractivity contribution in [3.8, 4) is 0 Å². The van der Waals surface area contributed by atoms with Gasteiger partial charge in [-0.3, -0.25) is 0 Å². The van der Waals surface area contributed by atoms with Crippen LogP contribution in [0.1, 0.15) is 30.9 Å².